The van der Waals surface area contributed by atoms with E-state index < -0.39 is 0 Å². The molecule has 4 rings (SSSR count). The summed E-state index contributed by atoms with van der Waals surface area (Å²) in [5.74, 6) is 1.59. The SMILES string of the molecule is Clc1cc(-c2cnc(C3CC4CCC3N4)[nH]2)c(Cl)s1. The van der Waals surface area contributed by atoms with Gasteiger partial charge < -0.3 is 10.3 Å². The van der Waals surface area contributed by atoms with Crippen LogP contribution in [-0.4, -0.2) is 22.1 Å². The number of aromatic amines is 1. The van der Waals surface area contributed by atoms with Crippen LogP contribution in [0.1, 0.15) is 31.0 Å². The molecule has 4 heterocycles. The summed E-state index contributed by atoms with van der Waals surface area (Å²) in [6.07, 6.45) is 5.62. The minimum absolute atomic E-state index is 0.514. The zero-order valence-electron chi connectivity index (χ0n) is 10.1. The molecule has 0 aliphatic carbocycles. The lowest BCUT2D eigenvalue weighted by atomic mass is 9.89. The molecule has 0 aromatic carbocycles. The first-order valence-electron chi connectivity index (χ1n) is 6.47. The van der Waals surface area contributed by atoms with Crippen molar-refractivity contribution in [3.8, 4) is 11.3 Å². The molecule has 0 saturated carbocycles. The minimum Gasteiger partial charge on any atom is -0.342 e. The van der Waals surface area contributed by atoms with Gasteiger partial charge in [0.05, 0.1) is 16.2 Å². The Morgan fingerprint density at radius 3 is 2.84 bits per heavy atom. The van der Waals surface area contributed by atoms with Gasteiger partial charge in [0.15, 0.2) is 0 Å². The van der Waals surface area contributed by atoms with Gasteiger partial charge in [-0.15, -0.1) is 11.3 Å². The maximum absolute atomic E-state index is 6.19. The number of rotatable bonds is 2. The van der Waals surface area contributed by atoms with Crippen molar-refractivity contribution < 1.29 is 0 Å². The quantitative estimate of drug-likeness (QED) is 0.878. The van der Waals surface area contributed by atoms with E-state index in [-0.39, 0.29) is 0 Å². The molecule has 0 amide bonds. The van der Waals surface area contributed by atoms with Crippen molar-refractivity contribution >= 4 is 34.5 Å². The molecule has 2 aromatic rings. The first-order valence-corrected chi connectivity index (χ1v) is 8.04. The topological polar surface area (TPSA) is 40.7 Å². The summed E-state index contributed by atoms with van der Waals surface area (Å²) in [6, 6.07) is 3.17. The number of nitrogens with one attached hydrogen (secondary N) is 2. The van der Waals surface area contributed by atoms with Crippen LogP contribution < -0.4 is 5.32 Å². The van der Waals surface area contributed by atoms with Crippen molar-refractivity contribution in [1.82, 2.24) is 15.3 Å². The zero-order valence-corrected chi connectivity index (χ0v) is 12.4. The molecule has 3 unspecified atom stereocenters. The van der Waals surface area contributed by atoms with Crippen LogP contribution in [0.2, 0.25) is 8.67 Å². The van der Waals surface area contributed by atoms with Gasteiger partial charge in [-0.05, 0) is 25.3 Å². The maximum Gasteiger partial charge on any atom is 0.111 e. The number of thiophene rings is 1. The Hall–Kier alpha value is -0.550. The Morgan fingerprint density at radius 2 is 2.21 bits per heavy atom. The van der Waals surface area contributed by atoms with E-state index in [2.05, 4.69) is 15.3 Å². The Morgan fingerprint density at radius 1 is 1.32 bits per heavy atom. The zero-order chi connectivity index (χ0) is 13.0. The molecule has 0 spiro atoms. The normalized spacial score (nSPS) is 29.3. The molecule has 2 aromatic heterocycles. The summed E-state index contributed by atoms with van der Waals surface area (Å²) >= 11 is 13.6. The molecule has 100 valence electrons. The van der Waals surface area contributed by atoms with Crippen LogP contribution in [0.4, 0.5) is 0 Å². The van der Waals surface area contributed by atoms with Crippen molar-refractivity contribution in [1.29, 1.82) is 0 Å². The average molecular weight is 314 g/mol. The van der Waals surface area contributed by atoms with E-state index in [1.54, 1.807) is 0 Å². The van der Waals surface area contributed by atoms with Crippen molar-refractivity contribution in [2.75, 3.05) is 0 Å². The second kappa shape index (κ2) is 4.48. The largest absolute Gasteiger partial charge is 0.342 e. The highest BCUT2D eigenvalue weighted by Crippen LogP contribution is 2.41. The molecule has 19 heavy (non-hydrogen) atoms. The standard InChI is InChI=1S/C13H13Cl2N3S/c14-11-4-7(12(15)19-11)10-5-16-13(18-10)8-3-6-1-2-9(8)17-6/h4-6,8-9,17H,1-3H2,(H,16,18). The number of fused-ring (bicyclic) bond motifs is 2. The van der Waals surface area contributed by atoms with Gasteiger partial charge in [0, 0.05) is 23.6 Å². The average Bonchev–Trinajstić information content (AvgIpc) is 3.11. The number of hydrogen-bond acceptors (Lipinski definition) is 3. The van der Waals surface area contributed by atoms with Crippen molar-refractivity contribution in [2.45, 2.75) is 37.3 Å². The number of hydrogen-bond donors (Lipinski definition) is 2. The number of nitrogens with zero attached hydrogens (tertiary/aromatic N) is 1. The summed E-state index contributed by atoms with van der Waals surface area (Å²) in [5.41, 5.74) is 1.91. The Labute approximate surface area is 125 Å². The molecule has 2 N–H and O–H groups in total. The molecule has 2 saturated heterocycles. The van der Waals surface area contributed by atoms with E-state index in [9.17, 15) is 0 Å². The smallest absolute Gasteiger partial charge is 0.111 e. The molecule has 2 fully saturated rings. The summed E-state index contributed by atoms with van der Waals surface area (Å²) in [4.78, 5) is 7.97. The molecule has 2 aliphatic rings. The van der Waals surface area contributed by atoms with Gasteiger partial charge in [-0.1, -0.05) is 23.2 Å². The second-order valence-corrected chi connectivity index (χ2v) is 7.60. The summed E-state index contributed by atoms with van der Waals surface area (Å²) in [6.45, 7) is 0. The van der Waals surface area contributed by atoms with Gasteiger partial charge in [0.25, 0.3) is 0 Å². The predicted octanol–water partition coefficient (Wildman–Crippen LogP) is 4.05. The van der Waals surface area contributed by atoms with E-state index in [0.717, 1.165) is 17.1 Å². The van der Waals surface area contributed by atoms with Gasteiger partial charge in [-0.2, -0.15) is 0 Å². The van der Waals surface area contributed by atoms with Gasteiger partial charge in [0.2, 0.25) is 0 Å². The molecule has 3 nitrogen and oxygen atoms in total. The van der Waals surface area contributed by atoms with Crippen LogP contribution >= 0.6 is 34.5 Å². The Balaban J connectivity index is 1.65. The van der Waals surface area contributed by atoms with Crippen LogP contribution in [0.25, 0.3) is 11.3 Å². The molecule has 3 atom stereocenters. The lowest BCUT2D eigenvalue weighted by Crippen LogP contribution is -2.22. The lowest BCUT2D eigenvalue weighted by molar-refractivity contribution is 0.490. The van der Waals surface area contributed by atoms with Crippen molar-refractivity contribution in [2.24, 2.45) is 0 Å². The molecule has 6 heteroatoms. The van der Waals surface area contributed by atoms with Crippen LogP contribution in [0.5, 0.6) is 0 Å². The molecular weight excluding hydrogens is 301 g/mol. The highest BCUT2D eigenvalue weighted by Gasteiger charge is 2.41. The fourth-order valence-corrected chi connectivity index (χ4v) is 4.80. The van der Waals surface area contributed by atoms with Crippen LogP contribution in [-0.2, 0) is 0 Å². The van der Waals surface area contributed by atoms with E-state index in [4.69, 9.17) is 23.2 Å². The summed E-state index contributed by atoms with van der Waals surface area (Å²) in [7, 11) is 0. The molecule has 2 bridgehead atoms. The first-order chi connectivity index (χ1) is 9.20. The Bertz CT molecular complexity index is 621. The first kappa shape index (κ1) is 12.2. The predicted molar refractivity (Wildman–Crippen MR) is 79.2 cm³/mol. The molecular formula is C13H13Cl2N3S. The number of H-pyrrole nitrogens is 1. The highest BCUT2D eigenvalue weighted by atomic mass is 35.5. The third-order valence-corrected chi connectivity index (χ3v) is 5.68. The molecule has 0 radical (unpaired) electrons. The van der Waals surface area contributed by atoms with Crippen LogP contribution in [0.3, 0.4) is 0 Å². The van der Waals surface area contributed by atoms with Gasteiger partial charge in [-0.3, -0.25) is 0 Å². The summed E-state index contributed by atoms with van der Waals surface area (Å²) < 4.78 is 1.42. The van der Waals surface area contributed by atoms with E-state index >= 15 is 0 Å². The van der Waals surface area contributed by atoms with Gasteiger partial charge >= 0.3 is 0 Å². The Kier molecular flexibility index (Phi) is 2.88. The minimum atomic E-state index is 0.514. The van der Waals surface area contributed by atoms with E-state index in [0.29, 0.717) is 26.7 Å². The second-order valence-electron chi connectivity index (χ2n) is 5.31. The van der Waals surface area contributed by atoms with E-state index in [1.165, 1.54) is 30.6 Å². The number of imidazole rings is 1. The molecule has 2 aliphatic heterocycles. The third kappa shape index (κ3) is 2.02. The fourth-order valence-electron chi connectivity index (χ4n) is 3.31. The summed E-state index contributed by atoms with van der Waals surface area (Å²) in [5, 5.41) is 3.64. The lowest BCUT2D eigenvalue weighted by Gasteiger charge is -2.17. The van der Waals surface area contributed by atoms with Crippen LogP contribution in [0.15, 0.2) is 12.3 Å². The van der Waals surface area contributed by atoms with Crippen molar-refractivity contribution in [3.05, 3.63) is 26.8 Å². The highest BCUT2D eigenvalue weighted by molar-refractivity contribution is 7.20. The fraction of sp³-hybridized carbons (Fsp3) is 0.462. The van der Waals surface area contributed by atoms with Crippen LogP contribution in [0, 0.1) is 0 Å². The van der Waals surface area contributed by atoms with E-state index in [1.807, 2.05) is 12.3 Å². The van der Waals surface area contributed by atoms with Crippen molar-refractivity contribution in [3.63, 3.8) is 0 Å². The maximum atomic E-state index is 6.19. The number of halogens is 2. The third-order valence-electron chi connectivity index (χ3n) is 4.19. The number of aromatic nitrogens is 2. The van der Waals surface area contributed by atoms with Gasteiger partial charge in [-0.25, -0.2) is 4.98 Å². The monoisotopic (exact) mass is 313 g/mol. The van der Waals surface area contributed by atoms with Gasteiger partial charge in [0.1, 0.15) is 10.2 Å².